The molecule has 1 fully saturated rings. The molecule has 4 nitrogen and oxygen atoms in total. The molecule has 0 spiro atoms. The van der Waals surface area contributed by atoms with Crippen LogP contribution in [0.15, 0.2) is 0 Å². The second-order valence-corrected chi connectivity index (χ2v) is 3.81. The Morgan fingerprint density at radius 2 is 2.21 bits per heavy atom. The first-order valence-electron chi connectivity index (χ1n) is 4.88. The van der Waals surface area contributed by atoms with Gasteiger partial charge in [0.25, 0.3) is 0 Å². The van der Waals surface area contributed by atoms with Crippen molar-refractivity contribution in [3.05, 3.63) is 0 Å². The van der Waals surface area contributed by atoms with Gasteiger partial charge < -0.3 is 15.2 Å². The number of ether oxygens (including phenoxy) is 2. The Morgan fingerprint density at radius 3 is 2.79 bits per heavy atom. The lowest BCUT2D eigenvalue weighted by Gasteiger charge is -2.23. The van der Waals surface area contributed by atoms with E-state index >= 15 is 0 Å². The predicted molar refractivity (Wildman–Crippen MR) is 56.4 cm³/mol. The molecular weight excluding hydrogens is 202 g/mol. The van der Waals surface area contributed by atoms with Crippen molar-refractivity contribution in [2.75, 3.05) is 19.0 Å². The highest BCUT2D eigenvalue weighted by molar-refractivity contribution is 7.80. The molecule has 14 heavy (non-hydrogen) atoms. The lowest BCUT2D eigenvalue weighted by atomic mass is 10.1. The fraction of sp³-hybridized carbons (Fsp3) is 0.889. The van der Waals surface area contributed by atoms with Gasteiger partial charge in [-0.2, -0.15) is 12.6 Å². The largest absolute Gasteiger partial charge is 0.461 e. The second kappa shape index (κ2) is 6.27. The van der Waals surface area contributed by atoms with Gasteiger partial charge in [-0.3, -0.25) is 4.79 Å². The molecule has 0 aromatic carbocycles. The predicted octanol–water partition coefficient (Wildman–Crippen LogP) is 0.356. The quantitative estimate of drug-likeness (QED) is 0.529. The maximum atomic E-state index is 11.4. The normalized spacial score (nSPS) is 20.4. The topological polar surface area (TPSA) is 61.6 Å². The summed E-state index contributed by atoms with van der Waals surface area (Å²) >= 11 is 4.01. The molecule has 0 aromatic rings. The molecule has 2 N–H and O–H groups in total. The third-order valence-corrected chi connectivity index (χ3v) is 2.45. The summed E-state index contributed by atoms with van der Waals surface area (Å²) in [5, 5.41) is 0. The van der Waals surface area contributed by atoms with Crippen molar-refractivity contribution in [2.24, 2.45) is 5.73 Å². The van der Waals surface area contributed by atoms with Crippen LogP contribution >= 0.6 is 12.6 Å². The Bertz CT molecular complexity index is 183. The summed E-state index contributed by atoms with van der Waals surface area (Å²) in [6.45, 7) is 1.33. The number of rotatable bonds is 4. The molecule has 0 bridgehead atoms. The first-order chi connectivity index (χ1) is 6.74. The summed E-state index contributed by atoms with van der Waals surface area (Å²) in [5.74, 6) is 0.287. The fourth-order valence-electron chi connectivity index (χ4n) is 1.30. The number of esters is 1. The summed E-state index contributed by atoms with van der Waals surface area (Å²) < 4.78 is 10.4. The molecule has 0 saturated carbocycles. The third-order valence-electron chi connectivity index (χ3n) is 2.19. The monoisotopic (exact) mass is 219 g/mol. The van der Waals surface area contributed by atoms with Crippen LogP contribution in [-0.4, -0.2) is 37.1 Å². The number of hydrogen-bond acceptors (Lipinski definition) is 5. The van der Waals surface area contributed by atoms with Gasteiger partial charge in [-0.05, 0) is 12.2 Å². The van der Waals surface area contributed by atoms with Crippen LogP contribution in [-0.2, 0) is 14.3 Å². The van der Waals surface area contributed by atoms with E-state index in [2.05, 4.69) is 12.6 Å². The smallest absolute Gasteiger partial charge is 0.323 e. The van der Waals surface area contributed by atoms with E-state index in [1.165, 1.54) is 0 Å². The van der Waals surface area contributed by atoms with E-state index < -0.39 is 6.04 Å². The molecule has 82 valence electrons. The van der Waals surface area contributed by atoms with Gasteiger partial charge in [-0.15, -0.1) is 0 Å². The minimum atomic E-state index is -0.532. The van der Waals surface area contributed by atoms with E-state index in [1.807, 2.05) is 0 Å². The van der Waals surface area contributed by atoms with Gasteiger partial charge in [-0.1, -0.05) is 0 Å². The van der Waals surface area contributed by atoms with Gasteiger partial charge in [0, 0.05) is 12.8 Å². The van der Waals surface area contributed by atoms with Gasteiger partial charge in [0.15, 0.2) is 0 Å². The third kappa shape index (κ3) is 3.86. The van der Waals surface area contributed by atoms with Crippen LogP contribution in [0.25, 0.3) is 0 Å². The maximum Gasteiger partial charge on any atom is 0.323 e. The Balaban J connectivity index is 2.24. The Kier molecular flexibility index (Phi) is 5.29. The molecule has 1 unspecified atom stereocenters. The molecule has 0 aliphatic carbocycles. The second-order valence-electron chi connectivity index (χ2n) is 3.37. The summed E-state index contributed by atoms with van der Waals surface area (Å²) in [4.78, 5) is 11.4. The van der Waals surface area contributed by atoms with E-state index in [4.69, 9.17) is 15.2 Å². The Morgan fingerprint density at radius 1 is 1.57 bits per heavy atom. The van der Waals surface area contributed by atoms with Crippen molar-refractivity contribution in [1.82, 2.24) is 0 Å². The van der Waals surface area contributed by atoms with Crippen molar-refractivity contribution >= 4 is 18.6 Å². The van der Waals surface area contributed by atoms with Crippen LogP contribution in [0.2, 0.25) is 0 Å². The first-order valence-corrected chi connectivity index (χ1v) is 5.52. The zero-order valence-electron chi connectivity index (χ0n) is 8.15. The standard InChI is InChI=1S/C9H17NO3S/c10-8(3-6-14)9(11)13-7-1-4-12-5-2-7/h7-8,14H,1-6,10H2. The molecule has 1 aliphatic rings. The van der Waals surface area contributed by atoms with E-state index in [1.54, 1.807) is 0 Å². The molecule has 0 aromatic heterocycles. The van der Waals surface area contributed by atoms with Crippen LogP contribution in [0.3, 0.4) is 0 Å². The number of nitrogens with two attached hydrogens (primary N) is 1. The van der Waals surface area contributed by atoms with Crippen LogP contribution in [0.5, 0.6) is 0 Å². The highest BCUT2D eigenvalue weighted by atomic mass is 32.1. The van der Waals surface area contributed by atoms with Gasteiger partial charge in [0.2, 0.25) is 0 Å². The first kappa shape index (κ1) is 11.8. The highest BCUT2D eigenvalue weighted by Crippen LogP contribution is 2.11. The molecular formula is C9H17NO3S. The summed E-state index contributed by atoms with van der Waals surface area (Å²) in [6.07, 6.45) is 2.10. The van der Waals surface area contributed by atoms with Crippen LogP contribution in [0.1, 0.15) is 19.3 Å². The summed E-state index contributed by atoms with van der Waals surface area (Å²) in [6, 6.07) is -0.532. The Hall–Kier alpha value is -0.260. The van der Waals surface area contributed by atoms with Gasteiger partial charge in [-0.25, -0.2) is 0 Å². The van der Waals surface area contributed by atoms with Crippen molar-refractivity contribution in [2.45, 2.75) is 31.4 Å². The van der Waals surface area contributed by atoms with Crippen molar-refractivity contribution in [3.8, 4) is 0 Å². The minimum absolute atomic E-state index is 0.0118. The van der Waals surface area contributed by atoms with Gasteiger partial charge in [0.1, 0.15) is 12.1 Å². The highest BCUT2D eigenvalue weighted by Gasteiger charge is 2.21. The van der Waals surface area contributed by atoms with E-state index in [-0.39, 0.29) is 12.1 Å². The van der Waals surface area contributed by atoms with Crippen molar-refractivity contribution in [1.29, 1.82) is 0 Å². The molecule has 5 heteroatoms. The summed E-state index contributed by atoms with van der Waals surface area (Å²) in [7, 11) is 0. The molecule has 1 atom stereocenters. The van der Waals surface area contributed by atoms with E-state index in [0.29, 0.717) is 25.4 Å². The van der Waals surface area contributed by atoms with E-state index in [0.717, 1.165) is 12.8 Å². The number of thiol groups is 1. The average molecular weight is 219 g/mol. The van der Waals surface area contributed by atoms with Crippen LogP contribution in [0, 0.1) is 0 Å². The molecule has 1 rings (SSSR count). The zero-order chi connectivity index (χ0) is 10.4. The Labute approximate surface area is 89.5 Å². The lowest BCUT2D eigenvalue weighted by Crippen LogP contribution is -2.37. The van der Waals surface area contributed by atoms with E-state index in [9.17, 15) is 4.79 Å². The maximum absolute atomic E-state index is 11.4. The van der Waals surface area contributed by atoms with Crippen molar-refractivity contribution < 1.29 is 14.3 Å². The fourth-order valence-corrected chi connectivity index (χ4v) is 1.58. The average Bonchev–Trinajstić information content (AvgIpc) is 2.19. The van der Waals surface area contributed by atoms with Crippen molar-refractivity contribution in [3.63, 3.8) is 0 Å². The zero-order valence-corrected chi connectivity index (χ0v) is 9.04. The van der Waals surface area contributed by atoms with Crippen LogP contribution < -0.4 is 5.73 Å². The molecule has 0 amide bonds. The molecule has 0 radical (unpaired) electrons. The minimum Gasteiger partial charge on any atom is -0.461 e. The van der Waals surface area contributed by atoms with Gasteiger partial charge >= 0.3 is 5.97 Å². The van der Waals surface area contributed by atoms with Crippen LogP contribution in [0.4, 0.5) is 0 Å². The molecule has 1 saturated heterocycles. The molecule has 1 aliphatic heterocycles. The number of carbonyl (C=O) groups excluding carboxylic acids is 1. The molecule has 1 heterocycles. The number of carbonyl (C=O) groups is 1. The summed E-state index contributed by atoms with van der Waals surface area (Å²) in [5.41, 5.74) is 5.59. The lowest BCUT2D eigenvalue weighted by molar-refractivity contribution is -0.154. The number of hydrogen-bond donors (Lipinski definition) is 2. The SMILES string of the molecule is NC(CCS)C(=O)OC1CCOCC1. The van der Waals surface area contributed by atoms with Gasteiger partial charge in [0.05, 0.1) is 13.2 Å².